The van der Waals surface area contributed by atoms with Gasteiger partial charge in [-0.05, 0) is 44.4 Å². The van der Waals surface area contributed by atoms with Crippen molar-refractivity contribution >= 4 is 44.7 Å². The van der Waals surface area contributed by atoms with E-state index in [9.17, 15) is 4.79 Å². The lowest BCUT2D eigenvalue weighted by Crippen LogP contribution is -2.47. The molecule has 0 radical (unpaired) electrons. The molecule has 7 heteroatoms. The van der Waals surface area contributed by atoms with E-state index in [1.165, 1.54) is 11.3 Å². The topological polar surface area (TPSA) is 45.7 Å². The van der Waals surface area contributed by atoms with Crippen LogP contribution in [0.5, 0.6) is 5.75 Å². The third kappa shape index (κ3) is 3.28. The highest BCUT2D eigenvalue weighted by Gasteiger charge is 2.31. The molecule has 1 aromatic carbocycles. The summed E-state index contributed by atoms with van der Waals surface area (Å²) in [7, 11) is 3.99. The Labute approximate surface area is 160 Å². The summed E-state index contributed by atoms with van der Waals surface area (Å²) >= 11 is 7.40. The number of ether oxygens (including phenoxy) is 1. The molecule has 0 N–H and O–H groups in total. The van der Waals surface area contributed by atoms with E-state index in [-0.39, 0.29) is 12.0 Å². The number of pyridine rings is 1. The summed E-state index contributed by atoms with van der Waals surface area (Å²) in [4.78, 5) is 22.1. The van der Waals surface area contributed by atoms with Gasteiger partial charge in [0.1, 0.15) is 17.0 Å². The number of nitrogens with zero attached hydrogens (tertiary/aromatic N) is 3. The fourth-order valence-electron chi connectivity index (χ4n) is 3.13. The summed E-state index contributed by atoms with van der Waals surface area (Å²) in [5.41, 5.74) is 1.55. The molecule has 0 bridgehead atoms. The smallest absolute Gasteiger partial charge is 0.268 e. The van der Waals surface area contributed by atoms with Crippen LogP contribution in [0.15, 0.2) is 42.5 Å². The van der Waals surface area contributed by atoms with Crippen LogP contribution in [0.4, 0.5) is 5.69 Å². The van der Waals surface area contributed by atoms with Crippen molar-refractivity contribution in [2.75, 3.05) is 32.1 Å². The van der Waals surface area contributed by atoms with Crippen LogP contribution in [0.25, 0.3) is 10.2 Å². The van der Waals surface area contributed by atoms with Gasteiger partial charge >= 0.3 is 0 Å². The third-order valence-corrected chi connectivity index (χ3v) is 5.49. The summed E-state index contributed by atoms with van der Waals surface area (Å²) in [6.07, 6.45) is -0.0780. The molecule has 134 valence electrons. The molecule has 0 aliphatic carbocycles. The molecule has 26 heavy (non-hydrogen) atoms. The largest absolute Gasteiger partial charge is 0.485 e. The Bertz CT molecular complexity index is 972. The number of thiophene rings is 1. The zero-order valence-electron chi connectivity index (χ0n) is 14.5. The molecule has 0 saturated carbocycles. The van der Waals surface area contributed by atoms with Gasteiger partial charge in [0.2, 0.25) is 0 Å². The molecular weight excluding hydrogens is 370 g/mol. The van der Waals surface area contributed by atoms with Gasteiger partial charge < -0.3 is 14.5 Å². The summed E-state index contributed by atoms with van der Waals surface area (Å²) in [5.74, 6) is 0.699. The second-order valence-corrected chi connectivity index (χ2v) is 7.98. The van der Waals surface area contributed by atoms with E-state index >= 15 is 0 Å². The molecule has 0 fully saturated rings. The van der Waals surface area contributed by atoms with Crippen LogP contribution in [0.2, 0.25) is 5.15 Å². The van der Waals surface area contributed by atoms with E-state index in [0.29, 0.717) is 16.6 Å². The number of fused-ring (bicyclic) bond motifs is 2. The highest BCUT2D eigenvalue weighted by Crippen LogP contribution is 2.35. The lowest BCUT2D eigenvalue weighted by atomic mass is 10.1. The first-order valence-corrected chi connectivity index (χ1v) is 9.49. The van der Waals surface area contributed by atoms with Gasteiger partial charge in [0.25, 0.3) is 5.91 Å². The third-order valence-electron chi connectivity index (χ3n) is 4.20. The molecule has 0 saturated heterocycles. The van der Waals surface area contributed by atoms with Crippen molar-refractivity contribution in [1.82, 2.24) is 9.88 Å². The SMILES string of the molecule is CN(C)CC1CN(C(=O)c2cc3nc(Cl)ccc3s2)c2ccccc2O1. The van der Waals surface area contributed by atoms with Gasteiger partial charge in [-0.15, -0.1) is 11.3 Å². The number of amides is 1. The second kappa shape index (κ2) is 6.87. The van der Waals surface area contributed by atoms with Crippen molar-refractivity contribution in [2.24, 2.45) is 0 Å². The quantitative estimate of drug-likeness (QED) is 0.639. The van der Waals surface area contributed by atoms with Gasteiger partial charge in [-0.3, -0.25) is 4.79 Å². The zero-order valence-corrected chi connectivity index (χ0v) is 16.0. The number of likely N-dealkylation sites (N-methyl/N-ethyl adjacent to an activating group) is 1. The predicted molar refractivity (Wildman–Crippen MR) is 106 cm³/mol. The van der Waals surface area contributed by atoms with Gasteiger partial charge in [0, 0.05) is 6.54 Å². The average molecular weight is 388 g/mol. The van der Waals surface area contributed by atoms with E-state index in [1.54, 1.807) is 11.0 Å². The van der Waals surface area contributed by atoms with Crippen LogP contribution < -0.4 is 9.64 Å². The Morgan fingerprint density at radius 3 is 2.96 bits per heavy atom. The highest BCUT2D eigenvalue weighted by molar-refractivity contribution is 7.20. The number of hydrogen-bond donors (Lipinski definition) is 0. The Morgan fingerprint density at radius 2 is 2.15 bits per heavy atom. The van der Waals surface area contributed by atoms with Crippen molar-refractivity contribution in [1.29, 1.82) is 0 Å². The summed E-state index contributed by atoms with van der Waals surface area (Å²) in [5, 5.41) is 0.428. The van der Waals surface area contributed by atoms with Crippen molar-refractivity contribution in [3.8, 4) is 5.75 Å². The molecule has 1 aliphatic heterocycles. The van der Waals surface area contributed by atoms with Crippen LogP contribution in [-0.2, 0) is 0 Å². The second-order valence-electron chi connectivity index (χ2n) is 6.51. The first-order chi connectivity index (χ1) is 12.5. The summed E-state index contributed by atoms with van der Waals surface area (Å²) in [6, 6.07) is 13.1. The van der Waals surface area contributed by atoms with E-state index in [2.05, 4.69) is 9.88 Å². The first kappa shape index (κ1) is 17.3. The van der Waals surface area contributed by atoms with E-state index < -0.39 is 0 Å². The summed E-state index contributed by atoms with van der Waals surface area (Å²) < 4.78 is 7.02. The molecule has 3 aromatic rings. The normalized spacial score (nSPS) is 16.6. The van der Waals surface area contributed by atoms with Gasteiger partial charge in [-0.1, -0.05) is 23.7 Å². The van der Waals surface area contributed by atoms with Crippen molar-refractivity contribution < 1.29 is 9.53 Å². The lowest BCUT2D eigenvalue weighted by molar-refractivity contribution is 0.0944. The van der Waals surface area contributed by atoms with E-state index in [0.717, 1.165) is 28.2 Å². The van der Waals surface area contributed by atoms with Crippen LogP contribution in [-0.4, -0.2) is 49.1 Å². The summed E-state index contributed by atoms with van der Waals surface area (Å²) in [6.45, 7) is 1.25. The molecule has 0 spiro atoms. The number of rotatable bonds is 3. The number of anilines is 1. The number of halogens is 1. The van der Waals surface area contributed by atoms with Crippen molar-refractivity contribution in [2.45, 2.75) is 6.10 Å². The number of aromatic nitrogens is 1. The molecule has 3 heterocycles. The van der Waals surface area contributed by atoms with E-state index in [4.69, 9.17) is 16.3 Å². The van der Waals surface area contributed by atoms with Gasteiger partial charge in [-0.2, -0.15) is 0 Å². The monoisotopic (exact) mass is 387 g/mol. The maximum absolute atomic E-state index is 13.3. The molecule has 1 unspecified atom stereocenters. The Kier molecular flexibility index (Phi) is 4.56. The Hall–Kier alpha value is -2.15. The van der Waals surface area contributed by atoms with E-state index in [1.807, 2.05) is 50.5 Å². The number of carbonyl (C=O) groups is 1. The predicted octanol–water partition coefficient (Wildman–Crippen LogP) is 3.92. The molecule has 1 aliphatic rings. The van der Waals surface area contributed by atoms with Crippen LogP contribution >= 0.6 is 22.9 Å². The fourth-order valence-corrected chi connectivity index (χ4v) is 4.23. The fraction of sp³-hybridized carbons (Fsp3) is 0.263. The minimum atomic E-state index is -0.0780. The van der Waals surface area contributed by atoms with Crippen molar-refractivity contribution in [3.05, 3.63) is 52.5 Å². The molecule has 2 aromatic heterocycles. The van der Waals surface area contributed by atoms with Gasteiger partial charge in [0.05, 0.1) is 27.3 Å². The number of para-hydroxylation sites is 2. The molecule has 1 amide bonds. The van der Waals surface area contributed by atoms with Crippen LogP contribution in [0, 0.1) is 0 Å². The van der Waals surface area contributed by atoms with Crippen molar-refractivity contribution in [3.63, 3.8) is 0 Å². The van der Waals surface area contributed by atoms with Gasteiger partial charge in [0.15, 0.2) is 0 Å². The maximum atomic E-state index is 13.3. The standard InChI is InChI=1S/C19H18ClN3O2S/c1-22(2)10-12-11-23(14-5-3-4-6-15(14)25-12)19(24)17-9-13-16(26-17)7-8-18(20)21-13/h3-9,12H,10-11H2,1-2H3. The van der Waals surface area contributed by atoms with Crippen LogP contribution in [0.3, 0.4) is 0 Å². The Balaban J connectivity index is 1.70. The number of hydrogen-bond acceptors (Lipinski definition) is 5. The molecule has 5 nitrogen and oxygen atoms in total. The average Bonchev–Trinajstić information content (AvgIpc) is 3.03. The minimum Gasteiger partial charge on any atom is -0.485 e. The Morgan fingerprint density at radius 1 is 1.35 bits per heavy atom. The maximum Gasteiger partial charge on any atom is 0.268 e. The number of carbonyl (C=O) groups excluding carboxylic acids is 1. The van der Waals surface area contributed by atoms with Gasteiger partial charge in [-0.25, -0.2) is 4.98 Å². The molecule has 1 atom stereocenters. The zero-order chi connectivity index (χ0) is 18.3. The van der Waals surface area contributed by atoms with Crippen LogP contribution in [0.1, 0.15) is 9.67 Å². The number of benzene rings is 1. The first-order valence-electron chi connectivity index (χ1n) is 8.29. The minimum absolute atomic E-state index is 0.0383. The molecular formula is C19H18ClN3O2S. The molecule has 4 rings (SSSR count). The highest BCUT2D eigenvalue weighted by atomic mass is 35.5. The lowest BCUT2D eigenvalue weighted by Gasteiger charge is -2.35.